The fourth-order valence-corrected chi connectivity index (χ4v) is 1.03. The van der Waals surface area contributed by atoms with Crippen molar-refractivity contribution in [3.05, 3.63) is 24.0 Å². The lowest BCUT2D eigenvalue weighted by molar-refractivity contribution is 0.0950. The van der Waals surface area contributed by atoms with Gasteiger partial charge in [-0.1, -0.05) is 0 Å². The first-order valence-corrected chi connectivity index (χ1v) is 3.23. The lowest BCUT2D eigenvalue weighted by atomic mass is 10.2. The lowest BCUT2D eigenvalue weighted by Gasteiger charge is -1.85. The Bertz CT molecular complexity index is 207. The second-order valence-electron chi connectivity index (χ2n) is 2.31. The van der Waals surface area contributed by atoms with Gasteiger partial charge in [-0.3, -0.25) is 0 Å². The topological polar surface area (TPSA) is 37.5 Å². The van der Waals surface area contributed by atoms with E-state index in [0.717, 1.165) is 5.56 Å². The van der Waals surface area contributed by atoms with Gasteiger partial charge in [0, 0.05) is 25.1 Å². The van der Waals surface area contributed by atoms with Gasteiger partial charge < -0.3 is 14.5 Å². The van der Waals surface area contributed by atoms with Crippen LogP contribution in [-0.2, 0) is 9.47 Å². The van der Waals surface area contributed by atoms with Crippen molar-refractivity contribution in [2.45, 2.75) is 12.4 Å². The van der Waals surface area contributed by atoms with Gasteiger partial charge in [-0.25, -0.2) is 0 Å². The number of methoxy groups -OCH3 is 1. The van der Waals surface area contributed by atoms with Gasteiger partial charge in [0.15, 0.2) is 6.29 Å². The van der Waals surface area contributed by atoms with Crippen LogP contribution in [0.15, 0.2) is 18.5 Å². The molecule has 1 aliphatic rings. The van der Waals surface area contributed by atoms with Gasteiger partial charge in [0.2, 0.25) is 0 Å². The van der Waals surface area contributed by atoms with Crippen molar-refractivity contribution >= 4 is 0 Å². The van der Waals surface area contributed by atoms with Crippen molar-refractivity contribution in [1.82, 2.24) is 4.98 Å². The fourth-order valence-electron chi connectivity index (χ4n) is 1.03. The van der Waals surface area contributed by atoms with Gasteiger partial charge in [0.1, 0.15) is 6.10 Å². The second-order valence-corrected chi connectivity index (χ2v) is 2.31. The quantitative estimate of drug-likeness (QED) is 0.622. The Morgan fingerprint density at radius 2 is 2.60 bits per heavy atom. The van der Waals surface area contributed by atoms with Crippen LogP contribution in [-0.4, -0.2) is 18.4 Å². The number of hydrogen-bond donors (Lipinski definition) is 1. The Hall–Kier alpha value is -0.800. The molecule has 0 aliphatic carbocycles. The van der Waals surface area contributed by atoms with E-state index >= 15 is 0 Å². The fraction of sp³-hybridized carbons (Fsp3) is 0.429. The molecule has 1 aromatic rings. The molecule has 0 aromatic carbocycles. The van der Waals surface area contributed by atoms with Crippen LogP contribution in [0.2, 0.25) is 0 Å². The zero-order valence-electron chi connectivity index (χ0n) is 5.70. The molecule has 1 aromatic heterocycles. The summed E-state index contributed by atoms with van der Waals surface area (Å²) in [5.41, 5.74) is 1.16. The average Bonchev–Trinajstić information content (AvgIpc) is 2.56. The Balaban J connectivity index is 2.05. The highest BCUT2D eigenvalue weighted by Crippen LogP contribution is 2.38. The monoisotopic (exact) mass is 139 g/mol. The van der Waals surface area contributed by atoms with Crippen molar-refractivity contribution in [2.75, 3.05) is 7.11 Å². The summed E-state index contributed by atoms with van der Waals surface area (Å²) in [7, 11) is 1.65. The Morgan fingerprint density at radius 1 is 1.70 bits per heavy atom. The molecule has 1 aliphatic heterocycles. The highest BCUT2D eigenvalue weighted by Gasteiger charge is 2.40. The van der Waals surface area contributed by atoms with E-state index in [9.17, 15) is 0 Å². The van der Waals surface area contributed by atoms with Crippen LogP contribution in [0.1, 0.15) is 11.7 Å². The zero-order valence-corrected chi connectivity index (χ0v) is 5.70. The molecule has 3 heteroatoms. The minimum atomic E-state index is -0.0178. The molecular weight excluding hydrogens is 130 g/mol. The zero-order chi connectivity index (χ0) is 6.97. The average molecular weight is 139 g/mol. The molecule has 1 fully saturated rings. The van der Waals surface area contributed by atoms with Crippen LogP contribution in [0, 0.1) is 0 Å². The molecule has 10 heavy (non-hydrogen) atoms. The van der Waals surface area contributed by atoms with E-state index in [1.54, 1.807) is 7.11 Å². The minimum absolute atomic E-state index is 0.0178. The van der Waals surface area contributed by atoms with Crippen LogP contribution < -0.4 is 0 Å². The van der Waals surface area contributed by atoms with Crippen molar-refractivity contribution < 1.29 is 9.47 Å². The van der Waals surface area contributed by atoms with Crippen LogP contribution in [0.3, 0.4) is 0 Å². The normalized spacial score (nSPS) is 30.5. The number of nitrogens with one attached hydrogen (secondary N) is 1. The predicted molar refractivity (Wildman–Crippen MR) is 35.4 cm³/mol. The molecule has 2 atom stereocenters. The SMILES string of the molecule is COC1OC1c1cc[nH]c1. The van der Waals surface area contributed by atoms with E-state index in [2.05, 4.69) is 4.98 Å². The maximum atomic E-state index is 5.17. The van der Waals surface area contributed by atoms with Gasteiger partial charge in [-0.2, -0.15) is 0 Å². The van der Waals surface area contributed by atoms with E-state index in [0.29, 0.717) is 0 Å². The number of rotatable bonds is 2. The molecule has 2 heterocycles. The third-order valence-electron chi connectivity index (χ3n) is 1.63. The van der Waals surface area contributed by atoms with Gasteiger partial charge >= 0.3 is 0 Å². The summed E-state index contributed by atoms with van der Waals surface area (Å²) >= 11 is 0. The summed E-state index contributed by atoms with van der Waals surface area (Å²) in [6.45, 7) is 0. The largest absolute Gasteiger partial charge is 0.367 e. The summed E-state index contributed by atoms with van der Waals surface area (Å²) < 4.78 is 10.1. The summed E-state index contributed by atoms with van der Waals surface area (Å²) in [5, 5.41) is 0. The maximum Gasteiger partial charge on any atom is 0.188 e. The second kappa shape index (κ2) is 2.11. The molecule has 0 radical (unpaired) electrons. The van der Waals surface area contributed by atoms with Gasteiger partial charge in [-0.05, 0) is 6.07 Å². The maximum absolute atomic E-state index is 5.17. The smallest absolute Gasteiger partial charge is 0.188 e. The van der Waals surface area contributed by atoms with Crippen molar-refractivity contribution in [3.8, 4) is 0 Å². The molecule has 54 valence electrons. The number of aromatic nitrogens is 1. The summed E-state index contributed by atoms with van der Waals surface area (Å²) in [5.74, 6) is 0. The highest BCUT2D eigenvalue weighted by atomic mass is 16.8. The third kappa shape index (κ3) is 0.836. The van der Waals surface area contributed by atoms with Crippen LogP contribution in [0.4, 0.5) is 0 Å². The molecule has 2 unspecified atom stereocenters. The van der Waals surface area contributed by atoms with Crippen LogP contribution in [0.25, 0.3) is 0 Å². The first-order chi connectivity index (χ1) is 4.92. The summed E-state index contributed by atoms with van der Waals surface area (Å²) in [6.07, 6.45) is 3.94. The van der Waals surface area contributed by atoms with Crippen molar-refractivity contribution in [2.24, 2.45) is 0 Å². The number of aromatic amines is 1. The minimum Gasteiger partial charge on any atom is -0.367 e. The first-order valence-electron chi connectivity index (χ1n) is 3.23. The molecule has 0 amide bonds. The van der Waals surface area contributed by atoms with E-state index in [4.69, 9.17) is 9.47 Å². The van der Waals surface area contributed by atoms with Gasteiger partial charge in [0.25, 0.3) is 0 Å². The van der Waals surface area contributed by atoms with Crippen molar-refractivity contribution in [3.63, 3.8) is 0 Å². The molecule has 0 spiro atoms. The van der Waals surface area contributed by atoms with Gasteiger partial charge in [-0.15, -0.1) is 0 Å². The number of epoxide rings is 1. The van der Waals surface area contributed by atoms with E-state index < -0.39 is 0 Å². The van der Waals surface area contributed by atoms with E-state index in [-0.39, 0.29) is 12.4 Å². The number of H-pyrrole nitrogens is 1. The standard InChI is InChI=1S/C7H9NO2/c1-9-7-6(10-7)5-2-3-8-4-5/h2-4,6-8H,1H3. The molecule has 0 saturated carbocycles. The van der Waals surface area contributed by atoms with E-state index in [1.807, 2.05) is 18.5 Å². The number of ether oxygens (including phenoxy) is 2. The van der Waals surface area contributed by atoms with Crippen LogP contribution >= 0.6 is 0 Å². The molecule has 0 bridgehead atoms. The van der Waals surface area contributed by atoms with E-state index in [1.165, 1.54) is 0 Å². The summed E-state index contributed by atoms with van der Waals surface area (Å²) in [4.78, 5) is 2.96. The molecule has 1 saturated heterocycles. The Labute approximate surface area is 59.0 Å². The highest BCUT2D eigenvalue weighted by molar-refractivity contribution is 5.16. The number of hydrogen-bond acceptors (Lipinski definition) is 2. The first kappa shape index (κ1) is 5.95. The molecule has 1 N–H and O–H groups in total. The molecule has 2 rings (SSSR count). The lowest BCUT2D eigenvalue weighted by Crippen LogP contribution is -1.88. The molecular formula is C7H9NO2. The van der Waals surface area contributed by atoms with Crippen molar-refractivity contribution in [1.29, 1.82) is 0 Å². The predicted octanol–water partition coefficient (Wildman–Crippen LogP) is 1.06. The van der Waals surface area contributed by atoms with Crippen LogP contribution in [0.5, 0.6) is 0 Å². The summed E-state index contributed by atoms with van der Waals surface area (Å²) in [6, 6.07) is 1.99. The molecule has 3 nitrogen and oxygen atoms in total. The Kier molecular flexibility index (Phi) is 1.25. The van der Waals surface area contributed by atoms with Gasteiger partial charge in [0.05, 0.1) is 0 Å². The third-order valence-corrected chi connectivity index (χ3v) is 1.63. The Morgan fingerprint density at radius 3 is 3.10 bits per heavy atom.